The molecule has 0 aromatic carbocycles. The molecule has 1 fully saturated rings. The second-order valence-corrected chi connectivity index (χ2v) is 6.90. The zero-order valence-corrected chi connectivity index (χ0v) is 18.5. The van der Waals surface area contributed by atoms with Gasteiger partial charge in [0.25, 0.3) is 0 Å². The van der Waals surface area contributed by atoms with E-state index in [4.69, 9.17) is 33.2 Å². The SMILES string of the molecule is CC(=O)OCC1(COC(C)=O)OC(OC(C)=O)[C@H](OC(C)=O)[C@@H](OC(C)=O)[C@H]1OC(C)=O. The van der Waals surface area contributed by atoms with E-state index in [1.165, 1.54) is 0 Å². The van der Waals surface area contributed by atoms with Crippen LogP contribution in [0.3, 0.4) is 0 Å². The van der Waals surface area contributed by atoms with Crippen molar-refractivity contribution in [2.24, 2.45) is 0 Å². The molecule has 0 aromatic heterocycles. The van der Waals surface area contributed by atoms with Crippen molar-refractivity contribution in [2.75, 3.05) is 13.2 Å². The first-order chi connectivity index (χ1) is 14.8. The van der Waals surface area contributed by atoms with E-state index in [1.807, 2.05) is 0 Å². The number of hydrogen-bond acceptors (Lipinski definition) is 13. The van der Waals surface area contributed by atoms with Gasteiger partial charge >= 0.3 is 35.8 Å². The Balaban J connectivity index is 3.66. The van der Waals surface area contributed by atoms with Crippen molar-refractivity contribution in [3.63, 3.8) is 0 Å². The summed E-state index contributed by atoms with van der Waals surface area (Å²) in [5.74, 6) is -5.02. The van der Waals surface area contributed by atoms with Crippen molar-refractivity contribution >= 4 is 35.8 Å². The molecule has 0 radical (unpaired) electrons. The van der Waals surface area contributed by atoms with Crippen LogP contribution in [0.5, 0.6) is 0 Å². The molecule has 13 heteroatoms. The number of rotatable bonds is 8. The molecule has 13 nitrogen and oxygen atoms in total. The molecule has 0 bridgehead atoms. The molecular weight excluding hydrogens is 436 g/mol. The van der Waals surface area contributed by atoms with Crippen molar-refractivity contribution in [1.29, 1.82) is 0 Å². The molecule has 1 aliphatic heterocycles. The summed E-state index contributed by atoms with van der Waals surface area (Å²) in [5.41, 5.74) is -2.00. The summed E-state index contributed by atoms with van der Waals surface area (Å²) >= 11 is 0. The summed E-state index contributed by atoms with van der Waals surface area (Å²) in [7, 11) is 0. The molecule has 180 valence electrons. The zero-order chi connectivity index (χ0) is 24.6. The van der Waals surface area contributed by atoms with Crippen molar-refractivity contribution < 1.29 is 61.9 Å². The summed E-state index contributed by atoms with van der Waals surface area (Å²) in [6.45, 7) is 4.96. The van der Waals surface area contributed by atoms with Crippen LogP contribution in [0.2, 0.25) is 0 Å². The largest absolute Gasteiger partial charge is 0.462 e. The molecule has 1 aliphatic rings. The maximum Gasteiger partial charge on any atom is 0.305 e. The van der Waals surface area contributed by atoms with E-state index in [0.29, 0.717) is 0 Å². The van der Waals surface area contributed by atoms with Gasteiger partial charge in [0, 0.05) is 41.5 Å². The van der Waals surface area contributed by atoms with Gasteiger partial charge in [-0.25, -0.2) is 0 Å². The topological polar surface area (TPSA) is 167 Å². The van der Waals surface area contributed by atoms with E-state index < -0.39 is 79.2 Å². The van der Waals surface area contributed by atoms with E-state index in [-0.39, 0.29) is 0 Å². The number of hydrogen-bond donors (Lipinski definition) is 0. The summed E-state index contributed by atoms with van der Waals surface area (Å²) in [4.78, 5) is 70.0. The molecule has 1 rings (SSSR count). The summed E-state index contributed by atoms with van der Waals surface area (Å²) in [6, 6.07) is 0. The fraction of sp³-hybridized carbons (Fsp3) is 0.684. The Morgan fingerprint density at radius 1 is 0.594 bits per heavy atom. The highest BCUT2D eigenvalue weighted by Gasteiger charge is 2.62. The number of esters is 6. The van der Waals surface area contributed by atoms with E-state index in [0.717, 1.165) is 41.5 Å². The smallest absolute Gasteiger partial charge is 0.305 e. The normalized spacial score (nSPS) is 23.8. The average molecular weight is 462 g/mol. The van der Waals surface area contributed by atoms with Gasteiger partial charge < -0.3 is 33.2 Å². The Kier molecular flexibility index (Phi) is 9.56. The molecule has 0 spiro atoms. The second-order valence-electron chi connectivity index (χ2n) is 6.90. The van der Waals surface area contributed by atoms with Crippen molar-refractivity contribution in [2.45, 2.75) is 71.7 Å². The molecule has 0 aromatic rings. The third-order valence-corrected chi connectivity index (χ3v) is 3.98. The van der Waals surface area contributed by atoms with Crippen LogP contribution in [0.1, 0.15) is 41.5 Å². The molecular formula is C19H26O13. The molecule has 0 N–H and O–H groups in total. The van der Waals surface area contributed by atoms with Gasteiger partial charge in [-0.15, -0.1) is 0 Å². The summed E-state index contributed by atoms with van der Waals surface area (Å²) in [5, 5.41) is 0. The molecule has 4 atom stereocenters. The van der Waals surface area contributed by atoms with Crippen LogP contribution >= 0.6 is 0 Å². The first-order valence-electron chi connectivity index (χ1n) is 9.41. The van der Waals surface area contributed by atoms with Crippen molar-refractivity contribution in [1.82, 2.24) is 0 Å². The zero-order valence-electron chi connectivity index (χ0n) is 18.5. The fourth-order valence-corrected chi connectivity index (χ4v) is 2.96. The van der Waals surface area contributed by atoms with E-state index in [9.17, 15) is 28.8 Å². The van der Waals surface area contributed by atoms with Gasteiger partial charge in [0.05, 0.1) is 0 Å². The van der Waals surface area contributed by atoms with Crippen molar-refractivity contribution in [3.8, 4) is 0 Å². The van der Waals surface area contributed by atoms with Gasteiger partial charge in [0.2, 0.25) is 12.4 Å². The summed E-state index contributed by atoms with van der Waals surface area (Å²) < 4.78 is 36.6. The number of carbonyl (C=O) groups is 6. The standard InChI is InChI=1S/C19H26O13/c1-9(20)26-7-19(8-27-10(2)21)17(30-13(5)24)15(28-11(3)22)16(29-12(4)23)18(32-19)31-14(6)25/h15-18H,7-8H2,1-6H3/t15-,16-,17-,18?/m1/s1. The highest BCUT2D eigenvalue weighted by atomic mass is 16.8. The molecule has 0 amide bonds. The fourth-order valence-electron chi connectivity index (χ4n) is 2.96. The average Bonchev–Trinajstić information content (AvgIpc) is 2.62. The van der Waals surface area contributed by atoms with Crippen LogP contribution in [0.15, 0.2) is 0 Å². The molecule has 1 heterocycles. The minimum atomic E-state index is -2.00. The van der Waals surface area contributed by atoms with Gasteiger partial charge in [0.15, 0.2) is 17.8 Å². The van der Waals surface area contributed by atoms with E-state index in [1.54, 1.807) is 0 Å². The Labute approximate surface area is 183 Å². The predicted octanol–water partition coefficient (Wildman–Crippen LogP) is -0.434. The van der Waals surface area contributed by atoms with Gasteiger partial charge in [-0.2, -0.15) is 0 Å². The van der Waals surface area contributed by atoms with Gasteiger partial charge in [-0.3, -0.25) is 28.8 Å². The molecule has 32 heavy (non-hydrogen) atoms. The molecule has 1 unspecified atom stereocenters. The highest BCUT2D eigenvalue weighted by molar-refractivity contribution is 5.69. The van der Waals surface area contributed by atoms with E-state index >= 15 is 0 Å². The van der Waals surface area contributed by atoms with Crippen LogP contribution in [0.25, 0.3) is 0 Å². The quantitative estimate of drug-likeness (QED) is 0.337. The molecule has 0 aliphatic carbocycles. The van der Waals surface area contributed by atoms with Gasteiger partial charge in [0.1, 0.15) is 13.2 Å². The van der Waals surface area contributed by atoms with Crippen LogP contribution in [0.4, 0.5) is 0 Å². The van der Waals surface area contributed by atoms with Crippen LogP contribution in [0, 0.1) is 0 Å². The minimum Gasteiger partial charge on any atom is -0.462 e. The Morgan fingerprint density at radius 2 is 1.00 bits per heavy atom. The lowest BCUT2D eigenvalue weighted by molar-refractivity contribution is -0.339. The van der Waals surface area contributed by atoms with Crippen LogP contribution in [-0.4, -0.2) is 79.2 Å². The number of ether oxygens (including phenoxy) is 7. The lowest BCUT2D eigenvalue weighted by atomic mass is 9.86. The monoisotopic (exact) mass is 462 g/mol. The van der Waals surface area contributed by atoms with Gasteiger partial charge in [-0.05, 0) is 0 Å². The maximum atomic E-state index is 11.9. The maximum absolute atomic E-state index is 11.9. The Morgan fingerprint density at radius 3 is 1.38 bits per heavy atom. The molecule has 0 saturated carbocycles. The third-order valence-electron chi connectivity index (χ3n) is 3.98. The summed E-state index contributed by atoms with van der Waals surface area (Å²) in [6.07, 6.45) is -6.49. The second kappa shape index (κ2) is 11.4. The van der Waals surface area contributed by atoms with E-state index in [2.05, 4.69) is 0 Å². The third kappa shape index (κ3) is 7.80. The lowest BCUT2D eigenvalue weighted by Gasteiger charge is -2.49. The molecule has 1 saturated heterocycles. The lowest BCUT2D eigenvalue weighted by Crippen LogP contribution is -2.70. The van der Waals surface area contributed by atoms with Gasteiger partial charge in [-0.1, -0.05) is 0 Å². The first-order valence-corrected chi connectivity index (χ1v) is 9.41. The predicted molar refractivity (Wildman–Crippen MR) is 99.3 cm³/mol. The first kappa shape index (κ1) is 26.8. The Bertz CT molecular complexity index is 740. The van der Waals surface area contributed by atoms with Crippen LogP contribution < -0.4 is 0 Å². The Hall–Kier alpha value is -3.22. The highest BCUT2D eigenvalue weighted by Crippen LogP contribution is 2.37. The minimum absolute atomic E-state index is 0.671. The van der Waals surface area contributed by atoms with Crippen LogP contribution in [-0.2, 0) is 61.9 Å². The number of carbonyl (C=O) groups excluding carboxylic acids is 6. The van der Waals surface area contributed by atoms with Crippen molar-refractivity contribution in [3.05, 3.63) is 0 Å².